The number of rotatable bonds is 8. The first-order valence-corrected chi connectivity index (χ1v) is 21.1. The summed E-state index contributed by atoms with van der Waals surface area (Å²) in [7, 11) is 2.10. The molecule has 306 valence electrons. The minimum Gasteiger partial charge on any atom is -0.457 e. The van der Waals surface area contributed by atoms with Gasteiger partial charge in [0, 0.05) is 47.5 Å². The lowest BCUT2D eigenvalue weighted by molar-refractivity contribution is 0.483. The highest BCUT2D eigenvalue weighted by molar-refractivity contribution is 6.10. The molecule has 2 heterocycles. The number of hydrogen-bond acceptors (Lipinski definition) is 5. The molecular weight excluding hydrogens is 747 g/mol. The van der Waals surface area contributed by atoms with Crippen LogP contribution in [0.1, 0.15) is 84.6 Å². The minimum absolute atomic E-state index is 0.0136. The minimum atomic E-state index is -0.0501. The van der Waals surface area contributed by atoms with Crippen LogP contribution < -0.4 is 15.0 Å². The number of benzene rings is 6. The van der Waals surface area contributed by atoms with Crippen molar-refractivity contribution in [3.63, 3.8) is 0 Å². The predicted octanol–water partition coefficient (Wildman–Crippen LogP) is 14.9. The van der Waals surface area contributed by atoms with E-state index in [1.165, 1.54) is 16.7 Å². The Balaban J connectivity index is 1.15. The molecule has 6 nitrogen and oxygen atoms in total. The largest absolute Gasteiger partial charge is 0.457 e. The van der Waals surface area contributed by atoms with E-state index in [1.54, 1.807) is 0 Å². The summed E-state index contributed by atoms with van der Waals surface area (Å²) in [6.45, 7) is 20.3. The Labute approximate surface area is 361 Å². The number of nitrogens with zero attached hydrogens (tertiary/aromatic N) is 4. The van der Waals surface area contributed by atoms with Gasteiger partial charge in [0.05, 0.1) is 34.0 Å². The molecular formula is C55H55N5O. The second kappa shape index (κ2) is 15.6. The van der Waals surface area contributed by atoms with Crippen molar-refractivity contribution in [2.75, 3.05) is 17.3 Å². The third kappa shape index (κ3) is 8.47. The van der Waals surface area contributed by atoms with Crippen LogP contribution in [-0.4, -0.2) is 16.6 Å². The lowest BCUT2D eigenvalue weighted by Gasteiger charge is -2.27. The van der Waals surface area contributed by atoms with Gasteiger partial charge in [-0.1, -0.05) is 105 Å². The van der Waals surface area contributed by atoms with E-state index in [1.807, 2.05) is 42.6 Å². The van der Waals surface area contributed by atoms with Crippen molar-refractivity contribution in [3.8, 4) is 34.5 Å². The van der Waals surface area contributed by atoms with Crippen LogP contribution in [0.4, 0.5) is 22.7 Å². The quantitative estimate of drug-likeness (QED) is 0.166. The Kier molecular flexibility index (Phi) is 10.5. The van der Waals surface area contributed by atoms with Crippen LogP contribution in [0.15, 0.2) is 146 Å². The zero-order valence-electron chi connectivity index (χ0n) is 37.1. The van der Waals surface area contributed by atoms with E-state index in [9.17, 15) is 5.26 Å². The Morgan fingerprint density at radius 1 is 0.590 bits per heavy atom. The van der Waals surface area contributed by atoms with Gasteiger partial charge in [0.1, 0.15) is 17.3 Å². The number of hydrogen-bond donors (Lipinski definition) is 1. The molecule has 61 heavy (non-hydrogen) atoms. The van der Waals surface area contributed by atoms with E-state index in [4.69, 9.17) is 9.72 Å². The molecule has 0 fully saturated rings. The zero-order chi connectivity index (χ0) is 43.3. The van der Waals surface area contributed by atoms with E-state index < -0.39 is 0 Å². The summed E-state index contributed by atoms with van der Waals surface area (Å²) >= 11 is 0. The Morgan fingerprint density at radius 3 is 2.00 bits per heavy atom. The third-order valence-electron chi connectivity index (χ3n) is 11.6. The first-order valence-electron chi connectivity index (χ1n) is 21.1. The predicted molar refractivity (Wildman–Crippen MR) is 256 cm³/mol. The van der Waals surface area contributed by atoms with Crippen LogP contribution >= 0.6 is 0 Å². The topological polar surface area (TPSA) is 66.1 Å². The zero-order valence-corrected chi connectivity index (χ0v) is 37.1. The van der Waals surface area contributed by atoms with Crippen LogP contribution in [0.25, 0.3) is 38.8 Å². The van der Waals surface area contributed by atoms with E-state index in [-0.39, 0.29) is 16.2 Å². The summed E-state index contributed by atoms with van der Waals surface area (Å²) in [5, 5.41) is 15.6. The van der Waals surface area contributed by atoms with Crippen molar-refractivity contribution in [2.45, 2.75) is 78.6 Å². The maximum Gasteiger partial charge on any atom is 0.137 e. The molecule has 6 heteroatoms. The molecule has 0 atom stereocenters. The molecule has 0 aliphatic heterocycles. The summed E-state index contributed by atoms with van der Waals surface area (Å²) in [5.74, 6) is 2.30. The molecule has 1 N–H and O–H groups in total. The smallest absolute Gasteiger partial charge is 0.137 e. The number of pyridine rings is 1. The van der Waals surface area contributed by atoms with Crippen molar-refractivity contribution in [2.24, 2.45) is 0 Å². The highest BCUT2D eigenvalue weighted by Crippen LogP contribution is 2.40. The molecule has 0 saturated heterocycles. The fourth-order valence-electron chi connectivity index (χ4n) is 7.89. The van der Waals surface area contributed by atoms with Crippen molar-refractivity contribution in [3.05, 3.63) is 168 Å². The van der Waals surface area contributed by atoms with E-state index in [2.05, 4.69) is 193 Å². The molecule has 8 aromatic rings. The lowest BCUT2D eigenvalue weighted by atomic mass is 9.80. The van der Waals surface area contributed by atoms with Crippen molar-refractivity contribution < 1.29 is 4.74 Å². The van der Waals surface area contributed by atoms with Crippen molar-refractivity contribution >= 4 is 44.6 Å². The average Bonchev–Trinajstić information content (AvgIpc) is 3.55. The number of anilines is 4. The van der Waals surface area contributed by atoms with Crippen LogP contribution in [-0.2, 0) is 16.2 Å². The number of aromatic nitrogens is 2. The van der Waals surface area contributed by atoms with Gasteiger partial charge in [0.15, 0.2) is 0 Å². The number of fused-ring (bicyclic) bond motifs is 3. The lowest BCUT2D eigenvalue weighted by Crippen LogP contribution is -2.17. The van der Waals surface area contributed by atoms with Gasteiger partial charge in [-0.3, -0.25) is 4.57 Å². The number of ether oxygens (including phenoxy) is 1. The highest BCUT2D eigenvalue weighted by atomic mass is 16.5. The van der Waals surface area contributed by atoms with Crippen LogP contribution in [0.2, 0.25) is 0 Å². The first-order chi connectivity index (χ1) is 29.0. The van der Waals surface area contributed by atoms with Gasteiger partial charge in [-0.15, -0.1) is 0 Å². The molecule has 0 saturated carbocycles. The summed E-state index contributed by atoms with van der Waals surface area (Å²) in [5.41, 5.74) is 12.7. The van der Waals surface area contributed by atoms with Crippen LogP contribution in [0.3, 0.4) is 0 Å². The molecule has 0 aliphatic carbocycles. The number of nitriles is 1. The molecule has 2 aromatic heterocycles. The summed E-state index contributed by atoms with van der Waals surface area (Å²) in [4.78, 5) is 7.11. The Bertz CT molecular complexity index is 2930. The Morgan fingerprint density at radius 2 is 1.28 bits per heavy atom. The SMILES string of the molecule is CN(c1cccc(Oc2ccc3c4cc(-c5cccc(C#N)c5)ccc4n(-c4cc(C(C)(C)C)ccn4)c3c2)c1)c1ccccc1Nc1cc(C(C)(C)C)cc(C(C)(C)C)c1. The first kappa shape index (κ1) is 40.9. The van der Waals surface area contributed by atoms with Crippen LogP contribution in [0, 0.1) is 11.3 Å². The summed E-state index contributed by atoms with van der Waals surface area (Å²) < 4.78 is 8.94. The van der Waals surface area contributed by atoms with Crippen molar-refractivity contribution in [1.29, 1.82) is 5.26 Å². The summed E-state index contributed by atoms with van der Waals surface area (Å²) in [6.07, 6.45) is 1.90. The molecule has 0 aliphatic rings. The average molecular weight is 802 g/mol. The number of para-hydroxylation sites is 2. The fourth-order valence-corrected chi connectivity index (χ4v) is 7.89. The van der Waals surface area contributed by atoms with Gasteiger partial charge in [-0.2, -0.15) is 5.26 Å². The molecule has 6 aromatic carbocycles. The van der Waals surface area contributed by atoms with Gasteiger partial charge in [0.25, 0.3) is 0 Å². The van der Waals surface area contributed by atoms with Crippen molar-refractivity contribution in [1.82, 2.24) is 9.55 Å². The monoisotopic (exact) mass is 801 g/mol. The maximum atomic E-state index is 9.60. The van der Waals surface area contributed by atoms with E-state index in [0.717, 1.165) is 73.0 Å². The van der Waals surface area contributed by atoms with Crippen LogP contribution in [0.5, 0.6) is 11.5 Å². The molecule has 0 bridgehead atoms. The standard InChI is InChI=1S/C55H55N5O/c1-53(2,3)39-25-26-57-52(32-39)60-49-24-21-38(37-16-13-15-36(27-37)35-56)28-47(49)46-23-22-45(34-51(46)60)61-44-18-14-17-43(33-44)59(10)50-20-12-11-19-48(50)58-42-30-40(54(4,5)6)29-41(31-42)55(7,8)9/h11-34,58H,1-10H3. The third-order valence-corrected chi connectivity index (χ3v) is 11.6. The van der Waals surface area contributed by atoms with E-state index in [0.29, 0.717) is 5.56 Å². The molecule has 0 amide bonds. The number of nitrogens with one attached hydrogen (secondary N) is 1. The molecule has 0 unspecified atom stereocenters. The molecule has 8 rings (SSSR count). The van der Waals surface area contributed by atoms with Gasteiger partial charge in [-0.25, -0.2) is 4.98 Å². The fraction of sp³-hybridized carbons (Fsp3) is 0.236. The highest BCUT2D eigenvalue weighted by Gasteiger charge is 2.22. The van der Waals surface area contributed by atoms with Gasteiger partial charge in [-0.05, 0) is 129 Å². The maximum absolute atomic E-state index is 9.60. The van der Waals surface area contributed by atoms with E-state index >= 15 is 0 Å². The van der Waals surface area contributed by atoms with Gasteiger partial charge >= 0.3 is 0 Å². The molecule has 0 spiro atoms. The molecule has 0 radical (unpaired) electrons. The van der Waals surface area contributed by atoms with Gasteiger partial charge < -0.3 is 15.0 Å². The normalized spacial score (nSPS) is 12.1. The second-order valence-electron chi connectivity index (χ2n) is 19.2. The Hall–Kier alpha value is -6.84. The summed E-state index contributed by atoms with van der Waals surface area (Å²) in [6, 6.07) is 50.7. The second-order valence-corrected chi connectivity index (χ2v) is 19.2. The van der Waals surface area contributed by atoms with Gasteiger partial charge in [0.2, 0.25) is 0 Å².